The smallest absolute Gasteiger partial charge is 0.275 e. The van der Waals surface area contributed by atoms with E-state index in [1.807, 2.05) is 44.0 Å². The van der Waals surface area contributed by atoms with E-state index in [-0.39, 0.29) is 23.5 Å². The zero-order valence-electron chi connectivity index (χ0n) is 14.5. The van der Waals surface area contributed by atoms with Gasteiger partial charge in [-0.15, -0.1) is 0 Å². The van der Waals surface area contributed by atoms with E-state index in [2.05, 4.69) is 24.0 Å². The van der Waals surface area contributed by atoms with Crippen molar-refractivity contribution in [1.29, 1.82) is 0 Å². The van der Waals surface area contributed by atoms with Gasteiger partial charge in [-0.3, -0.25) is 9.89 Å². The Kier molecular flexibility index (Phi) is 3.92. The third-order valence-electron chi connectivity index (χ3n) is 5.20. The molecule has 0 radical (unpaired) electrons. The Bertz CT molecular complexity index is 735. The molecule has 3 rings (SSSR count). The van der Waals surface area contributed by atoms with Gasteiger partial charge in [-0.25, -0.2) is 0 Å². The zero-order chi connectivity index (χ0) is 16.8. The molecule has 1 aliphatic carbocycles. The van der Waals surface area contributed by atoms with Crippen molar-refractivity contribution >= 4 is 16.8 Å². The number of hydrogen-bond acceptors (Lipinski definition) is 3. The van der Waals surface area contributed by atoms with Gasteiger partial charge in [0.1, 0.15) is 0 Å². The minimum Gasteiger partial charge on any atom is -0.378 e. The molecule has 0 unspecified atom stereocenters. The Balaban J connectivity index is 1.84. The van der Waals surface area contributed by atoms with Crippen LogP contribution in [0, 0.1) is 12.3 Å². The van der Waals surface area contributed by atoms with Crippen molar-refractivity contribution in [2.45, 2.75) is 46.3 Å². The van der Waals surface area contributed by atoms with Crippen molar-refractivity contribution in [3.05, 3.63) is 29.5 Å². The second-order valence-corrected chi connectivity index (χ2v) is 7.05. The summed E-state index contributed by atoms with van der Waals surface area (Å²) in [5, 5.41) is 8.10. The van der Waals surface area contributed by atoms with E-state index in [9.17, 15) is 4.79 Å². The number of nitrogens with zero attached hydrogens (tertiary/aromatic N) is 2. The lowest BCUT2D eigenvalue weighted by Gasteiger charge is -2.54. The molecule has 2 atom stereocenters. The van der Waals surface area contributed by atoms with Crippen molar-refractivity contribution < 1.29 is 9.53 Å². The Morgan fingerprint density at radius 3 is 2.87 bits per heavy atom. The molecule has 0 spiro atoms. The number of carbonyl (C=O) groups is 1. The van der Waals surface area contributed by atoms with Crippen LogP contribution in [0.5, 0.6) is 0 Å². The van der Waals surface area contributed by atoms with E-state index in [0.717, 1.165) is 22.9 Å². The molecule has 0 aliphatic heterocycles. The summed E-state index contributed by atoms with van der Waals surface area (Å²) in [4.78, 5) is 14.7. The Morgan fingerprint density at radius 2 is 2.22 bits per heavy atom. The Morgan fingerprint density at radius 1 is 1.48 bits per heavy atom. The van der Waals surface area contributed by atoms with E-state index < -0.39 is 0 Å². The van der Waals surface area contributed by atoms with E-state index >= 15 is 0 Å². The van der Waals surface area contributed by atoms with Crippen molar-refractivity contribution in [3.8, 4) is 0 Å². The molecule has 0 bridgehead atoms. The maximum absolute atomic E-state index is 12.9. The van der Waals surface area contributed by atoms with Gasteiger partial charge < -0.3 is 9.64 Å². The number of aryl methyl sites for hydroxylation is 1. The summed E-state index contributed by atoms with van der Waals surface area (Å²) < 4.78 is 5.77. The van der Waals surface area contributed by atoms with E-state index in [1.165, 1.54) is 0 Å². The molecule has 5 nitrogen and oxygen atoms in total. The lowest BCUT2D eigenvalue weighted by Crippen LogP contribution is -2.62. The van der Waals surface area contributed by atoms with Gasteiger partial charge in [-0.05, 0) is 32.4 Å². The van der Waals surface area contributed by atoms with Crippen molar-refractivity contribution in [1.82, 2.24) is 15.1 Å². The van der Waals surface area contributed by atoms with Crippen LogP contribution < -0.4 is 0 Å². The van der Waals surface area contributed by atoms with Crippen LogP contribution >= 0.6 is 0 Å². The van der Waals surface area contributed by atoms with Gasteiger partial charge in [-0.2, -0.15) is 5.10 Å². The molecule has 2 aromatic rings. The number of aromatic amines is 1. The standard InChI is InChI=1S/C18H25N3O2/c1-6-23-15-10-14(18(15,3)4)21(5)17(22)16-12-9-11(2)7-8-13(12)19-20-16/h7-9,14-15H,6,10H2,1-5H3,(H,19,20)/t14-,15+/m1/s1. The lowest BCUT2D eigenvalue weighted by atomic mass is 9.63. The number of carbonyl (C=O) groups excluding carboxylic acids is 1. The molecular formula is C18H25N3O2. The topological polar surface area (TPSA) is 58.2 Å². The van der Waals surface area contributed by atoms with Crippen LogP contribution in [0.15, 0.2) is 18.2 Å². The monoisotopic (exact) mass is 315 g/mol. The Labute approximate surface area is 137 Å². The highest BCUT2D eigenvalue weighted by Crippen LogP contribution is 2.45. The van der Waals surface area contributed by atoms with E-state index in [0.29, 0.717) is 12.3 Å². The SMILES string of the molecule is CCO[C@H]1C[C@@H](N(C)C(=O)c2n[nH]c3ccc(C)cc23)C1(C)C. The largest absolute Gasteiger partial charge is 0.378 e. The minimum absolute atomic E-state index is 0.0325. The van der Waals surface area contributed by atoms with Gasteiger partial charge in [0.2, 0.25) is 0 Å². The number of benzene rings is 1. The number of ether oxygens (including phenoxy) is 1. The second-order valence-electron chi connectivity index (χ2n) is 7.05. The maximum atomic E-state index is 12.9. The number of H-pyrrole nitrogens is 1. The lowest BCUT2D eigenvalue weighted by molar-refractivity contribution is -0.136. The molecule has 1 aromatic heterocycles. The zero-order valence-corrected chi connectivity index (χ0v) is 14.5. The molecule has 1 fully saturated rings. The van der Waals surface area contributed by atoms with Gasteiger partial charge in [-0.1, -0.05) is 25.5 Å². The summed E-state index contributed by atoms with van der Waals surface area (Å²) >= 11 is 0. The fourth-order valence-corrected chi connectivity index (χ4v) is 3.61. The van der Waals surface area contributed by atoms with Gasteiger partial charge >= 0.3 is 0 Å². The fraction of sp³-hybridized carbons (Fsp3) is 0.556. The summed E-state index contributed by atoms with van der Waals surface area (Å²) in [7, 11) is 1.87. The van der Waals surface area contributed by atoms with Gasteiger partial charge in [0.25, 0.3) is 5.91 Å². The van der Waals surface area contributed by atoms with Crippen molar-refractivity contribution in [2.75, 3.05) is 13.7 Å². The van der Waals surface area contributed by atoms with Crippen LogP contribution in [0.25, 0.3) is 10.9 Å². The molecule has 1 saturated carbocycles. The van der Waals surface area contributed by atoms with E-state index in [1.54, 1.807) is 0 Å². The van der Waals surface area contributed by atoms with Crippen molar-refractivity contribution in [3.63, 3.8) is 0 Å². The third kappa shape index (κ3) is 2.53. The average molecular weight is 315 g/mol. The van der Waals surface area contributed by atoms with Crippen LogP contribution in [-0.4, -0.2) is 46.8 Å². The first-order chi connectivity index (χ1) is 10.9. The first-order valence-electron chi connectivity index (χ1n) is 8.19. The quantitative estimate of drug-likeness (QED) is 0.943. The molecule has 1 amide bonds. The number of aromatic nitrogens is 2. The van der Waals surface area contributed by atoms with Crippen LogP contribution in [0.1, 0.15) is 43.2 Å². The predicted molar refractivity (Wildman–Crippen MR) is 90.5 cm³/mol. The molecule has 0 saturated heterocycles. The Hall–Kier alpha value is -1.88. The second kappa shape index (κ2) is 5.64. The molecule has 124 valence electrons. The fourth-order valence-electron chi connectivity index (χ4n) is 3.61. The van der Waals surface area contributed by atoms with Gasteiger partial charge in [0.05, 0.1) is 11.6 Å². The predicted octanol–water partition coefficient (Wildman–Crippen LogP) is 3.15. The maximum Gasteiger partial charge on any atom is 0.275 e. The normalized spacial score (nSPS) is 22.8. The van der Waals surface area contributed by atoms with Crippen LogP contribution in [0.2, 0.25) is 0 Å². The molecule has 1 heterocycles. The summed E-state index contributed by atoms with van der Waals surface area (Å²) in [6, 6.07) is 6.16. The van der Waals surface area contributed by atoms with Crippen molar-refractivity contribution in [2.24, 2.45) is 5.41 Å². The molecule has 1 N–H and O–H groups in total. The molecule has 1 aliphatic rings. The summed E-state index contributed by atoms with van der Waals surface area (Å²) in [6.45, 7) is 9.07. The number of fused-ring (bicyclic) bond motifs is 1. The van der Waals surface area contributed by atoms with Crippen LogP contribution in [0.4, 0.5) is 0 Å². The van der Waals surface area contributed by atoms with Gasteiger partial charge in [0, 0.05) is 30.5 Å². The summed E-state index contributed by atoms with van der Waals surface area (Å²) in [5.74, 6) is -0.0325. The first kappa shape index (κ1) is 16.0. The highest BCUT2D eigenvalue weighted by molar-refractivity contribution is 6.04. The highest BCUT2D eigenvalue weighted by atomic mass is 16.5. The minimum atomic E-state index is -0.0392. The van der Waals surface area contributed by atoms with Crippen LogP contribution in [-0.2, 0) is 4.74 Å². The number of hydrogen-bond donors (Lipinski definition) is 1. The first-order valence-corrected chi connectivity index (χ1v) is 8.19. The average Bonchev–Trinajstić information content (AvgIpc) is 2.92. The third-order valence-corrected chi connectivity index (χ3v) is 5.20. The number of amides is 1. The van der Waals surface area contributed by atoms with Gasteiger partial charge in [0.15, 0.2) is 5.69 Å². The molecule has 23 heavy (non-hydrogen) atoms. The molecule has 1 aromatic carbocycles. The summed E-state index contributed by atoms with van der Waals surface area (Å²) in [5.41, 5.74) is 2.48. The molecule has 5 heteroatoms. The highest BCUT2D eigenvalue weighted by Gasteiger charge is 2.52. The van der Waals surface area contributed by atoms with E-state index in [4.69, 9.17) is 4.74 Å². The number of nitrogens with one attached hydrogen (secondary N) is 1. The number of rotatable bonds is 4. The molecular weight excluding hydrogens is 290 g/mol. The summed E-state index contributed by atoms with van der Waals surface area (Å²) in [6.07, 6.45) is 1.09. The van der Waals surface area contributed by atoms with Crippen LogP contribution in [0.3, 0.4) is 0 Å².